The molecule has 0 atom stereocenters. The lowest BCUT2D eigenvalue weighted by atomic mass is 10.0. The van der Waals surface area contributed by atoms with Crippen LogP contribution in [0.4, 0.5) is 0 Å². The fourth-order valence-corrected chi connectivity index (χ4v) is 3.69. The molecule has 0 bridgehead atoms. The van der Waals surface area contributed by atoms with Gasteiger partial charge >= 0.3 is 0 Å². The molecular weight excluding hydrogens is 318 g/mol. The molecule has 1 aliphatic rings. The third kappa shape index (κ3) is 3.21. The van der Waals surface area contributed by atoms with Crippen molar-refractivity contribution in [2.75, 3.05) is 27.0 Å². The molecule has 0 unspecified atom stereocenters. The number of nitrogens with zero attached hydrogens (tertiary/aromatic N) is 1. The molecule has 1 fully saturated rings. The average molecular weight is 341 g/mol. The number of hydrogen-bond acceptors (Lipinski definition) is 3. The molecule has 0 N–H and O–H groups in total. The predicted molar refractivity (Wildman–Crippen MR) is 99.6 cm³/mol. The zero-order valence-electron chi connectivity index (χ0n) is 14.4. The molecule has 126 valence electrons. The zero-order valence-corrected chi connectivity index (χ0v) is 15.2. The minimum atomic E-state index is -0.101. The standard InChI is InChI=1S/C20H23NO2S/c1-21(20(12-13-20)14-23-2)19(22)16-10-8-15(9-11-16)17-6-4-5-7-18(17)24-3/h4-11H,12-14H2,1-3H3. The Morgan fingerprint density at radius 3 is 2.42 bits per heavy atom. The van der Waals surface area contributed by atoms with Crippen molar-refractivity contribution in [3.8, 4) is 11.1 Å². The van der Waals surface area contributed by atoms with Crippen molar-refractivity contribution in [3.05, 3.63) is 54.1 Å². The first-order chi connectivity index (χ1) is 11.6. The smallest absolute Gasteiger partial charge is 0.254 e. The molecule has 24 heavy (non-hydrogen) atoms. The summed E-state index contributed by atoms with van der Waals surface area (Å²) < 4.78 is 5.28. The van der Waals surface area contributed by atoms with Gasteiger partial charge in [0.05, 0.1) is 12.1 Å². The SMILES string of the molecule is COCC1(N(C)C(=O)c2ccc(-c3ccccc3SC)cc2)CC1. The van der Waals surface area contributed by atoms with Gasteiger partial charge in [0, 0.05) is 24.6 Å². The largest absolute Gasteiger partial charge is 0.382 e. The van der Waals surface area contributed by atoms with E-state index in [-0.39, 0.29) is 11.4 Å². The van der Waals surface area contributed by atoms with Gasteiger partial charge in [-0.3, -0.25) is 4.79 Å². The molecule has 3 rings (SSSR count). The number of likely N-dealkylation sites (N-methyl/N-ethyl adjacent to an activating group) is 1. The molecule has 0 radical (unpaired) electrons. The first-order valence-electron chi connectivity index (χ1n) is 8.12. The van der Waals surface area contributed by atoms with Crippen LogP contribution in [0.5, 0.6) is 0 Å². The van der Waals surface area contributed by atoms with Crippen molar-refractivity contribution in [2.45, 2.75) is 23.3 Å². The molecule has 0 heterocycles. The monoisotopic (exact) mass is 341 g/mol. The lowest BCUT2D eigenvalue weighted by Crippen LogP contribution is -2.42. The van der Waals surface area contributed by atoms with Gasteiger partial charge in [0.1, 0.15) is 0 Å². The molecular formula is C20H23NO2S. The van der Waals surface area contributed by atoms with E-state index in [1.807, 2.05) is 48.3 Å². The summed E-state index contributed by atoms with van der Waals surface area (Å²) in [5.74, 6) is 0.0641. The van der Waals surface area contributed by atoms with Crippen LogP contribution in [-0.4, -0.2) is 43.4 Å². The second-order valence-electron chi connectivity index (χ2n) is 6.30. The van der Waals surface area contributed by atoms with Crippen molar-refractivity contribution in [1.82, 2.24) is 4.90 Å². The van der Waals surface area contributed by atoms with Crippen LogP contribution < -0.4 is 0 Å². The molecule has 0 spiro atoms. The second-order valence-corrected chi connectivity index (χ2v) is 7.15. The Labute approximate surface area is 148 Å². The van der Waals surface area contributed by atoms with Gasteiger partial charge in [0.2, 0.25) is 0 Å². The summed E-state index contributed by atoms with van der Waals surface area (Å²) in [6.45, 7) is 0.606. The number of benzene rings is 2. The lowest BCUT2D eigenvalue weighted by molar-refractivity contribution is 0.0551. The Kier molecular flexibility index (Phi) is 4.97. The minimum absolute atomic E-state index is 0.0641. The number of methoxy groups -OCH3 is 1. The molecule has 0 aromatic heterocycles. The Morgan fingerprint density at radius 1 is 1.17 bits per heavy atom. The molecule has 1 amide bonds. The Bertz CT molecular complexity index is 723. The summed E-state index contributed by atoms with van der Waals surface area (Å²) in [7, 11) is 3.57. The van der Waals surface area contributed by atoms with Crippen LogP contribution in [0.25, 0.3) is 11.1 Å². The third-order valence-electron chi connectivity index (χ3n) is 4.81. The number of carbonyl (C=O) groups is 1. The summed E-state index contributed by atoms with van der Waals surface area (Å²) >= 11 is 1.73. The molecule has 4 heteroatoms. The minimum Gasteiger partial charge on any atom is -0.382 e. The Balaban J connectivity index is 1.81. The predicted octanol–water partition coefficient (Wildman–Crippen LogP) is 4.33. The third-order valence-corrected chi connectivity index (χ3v) is 5.60. The summed E-state index contributed by atoms with van der Waals surface area (Å²) in [4.78, 5) is 15.8. The van der Waals surface area contributed by atoms with Crippen LogP contribution in [0, 0.1) is 0 Å². The molecule has 2 aromatic rings. The first kappa shape index (κ1) is 17.1. The van der Waals surface area contributed by atoms with E-state index in [0.29, 0.717) is 6.61 Å². The number of hydrogen-bond donors (Lipinski definition) is 0. The van der Waals surface area contributed by atoms with Crippen LogP contribution >= 0.6 is 11.8 Å². The van der Waals surface area contributed by atoms with Crippen molar-refractivity contribution in [3.63, 3.8) is 0 Å². The van der Waals surface area contributed by atoms with E-state index in [0.717, 1.165) is 24.0 Å². The molecule has 0 saturated heterocycles. The number of ether oxygens (including phenoxy) is 1. The molecule has 3 nitrogen and oxygen atoms in total. The van der Waals surface area contributed by atoms with Crippen molar-refractivity contribution < 1.29 is 9.53 Å². The molecule has 1 aliphatic carbocycles. The van der Waals surface area contributed by atoms with Crippen LogP contribution in [-0.2, 0) is 4.74 Å². The van der Waals surface area contributed by atoms with E-state index >= 15 is 0 Å². The molecule has 2 aromatic carbocycles. The molecule has 1 saturated carbocycles. The second kappa shape index (κ2) is 6.99. The van der Waals surface area contributed by atoms with Crippen LogP contribution in [0.3, 0.4) is 0 Å². The van der Waals surface area contributed by atoms with E-state index in [2.05, 4.69) is 18.4 Å². The van der Waals surface area contributed by atoms with E-state index in [1.165, 1.54) is 10.5 Å². The normalized spacial score (nSPS) is 15.1. The zero-order chi connectivity index (χ0) is 17.2. The molecule has 0 aliphatic heterocycles. The van der Waals surface area contributed by atoms with E-state index in [1.54, 1.807) is 18.9 Å². The van der Waals surface area contributed by atoms with Crippen molar-refractivity contribution in [2.24, 2.45) is 0 Å². The topological polar surface area (TPSA) is 29.5 Å². The average Bonchev–Trinajstić information content (AvgIpc) is 3.41. The van der Waals surface area contributed by atoms with Crippen molar-refractivity contribution in [1.29, 1.82) is 0 Å². The van der Waals surface area contributed by atoms with Crippen molar-refractivity contribution >= 4 is 17.7 Å². The van der Waals surface area contributed by atoms with Gasteiger partial charge in [-0.1, -0.05) is 30.3 Å². The van der Waals surface area contributed by atoms with Crippen LogP contribution in [0.1, 0.15) is 23.2 Å². The van der Waals surface area contributed by atoms with E-state index < -0.39 is 0 Å². The number of thioether (sulfide) groups is 1. The lowest BCUT2D eigenvalue weighted by Gasteiger charge is -2.27. The Morgan fingerprint density at radius 2 is 1.83 bits per heavy atom. The summed E-state index contributed by atoms with van der Waals surface area (Å²) in [6, 6.07) is 16.2. The summed E-state index contributed by atoms with van der Waals surface area (Å²) in [5, 5.41) is 0. The number of carbonyl (C=O) groups excluding carboxylic acids is 1. The maximum Gasteiger partial charge on any atom is 0.254 e. The van der Waals surface area contributed by atoms with Crippen LogP contribution in [0.2, 0.25) is 0 Å². The highest BCUT2D eigenvalue weighted by Gasteiger charge is 2.48. The van der Waals surface area contributed by atoms with Gasteiger partial charge in [0.15, 0.2) is 0 Å². The maximum absolute atomic E-state index is 12.7. The van der Waals surface area contributed by atoms with Gasteiger partial charge in [-0.25, -0.2) is 0 Å². The highest BCUT2D eigenvalue weighted by molar-refractivity contribution is 7.98. The van der Waals surface area contributed by atoms with Gasteiger partial charge in [-0.15, -0.1) is 11.8 Å². The van der Waals surface area contributed by atoms with Gasteiger partial charge in [0.25, 0.3) is 5.91 Å². The highest BCUT2D eigenvalue weighted by atomic mass is 32.2. The number of amides is 1. The summed E-state index contributed by atoms with van der Waals surface area (Å²) in [6.07, 6.45) is 4.11. The van der Waals surface area contributed by atoms with Gasteiger partial charge in [-0.05, 0) is 48.4 Å². The van der Waals surface area contributed by atoms with E-state index in [9.17, 15) is 4.79 Å². The number of rotatable bonds is 6. The maximum atomic E-state index is 12.7. The van der Waals surface area contributed by atoms with Crippen LogP contribution in [0.15, 0.2) is 53.4 Å². The fraction of sp³-hybridized carbons (Fsp3) is 0.350. The Hall–Kier alpha value is -1.78. The highest BCUT2D eigenvalue weighted by Crippen LogP contribution is 2.41. The fourth-order valence-electron chi connectivity index (χ4n) is 3.07. The van der Waals surface area contributed by atoms with E-state index in [4.69, 9.17) is 4.74 Å². The van der Waals surface area contributed by atoms with Gasteiger partial charge < -0.3 is 9.64 Å². The quantitative estimate of drug-likeness (QED) is 0.733. The first-order valence-corrected chi connectivity index (χ1v) is 9.34. The van der Waals surface area contributed by atoms with Gasteiger partial charge in [-0.2, -0.15) is 0 Å². The summed E-state index contributed by atoms with van der Waals surface area (Å²) in [5.41, 5.74) is 2.97.